The molecule has 7 heteroatoms. The van der Waals surface area contributed by atoms with Gasteiger partial charge in [-0.15, -0.1) is 0 Å². The summed E-state index contributed by atoms with van der Waals surface area (Å²) in [6.45, 7) is 4.90. The number of aromatic nitrogens is 2. The first-order chi connectivity index (χ1) is 15.1. The standard InChI is InChI=1S/C24H26N4O2S/c1-18-21(16-19-8-4-2-5-9-19)23(30)26-24(25-18)31-17-22(29)28-14-12-27(13-15-28)20-10-6-3-7-11-20/h2-11H,12-17H2,1H3,(H,25,26,30). The molecule has 3 aromatic rings. The molecule has 0 spiro atoms. The summed E-state index contributed by atoms with van der Waals surface area (Å²) in [4.78, 5) is 36.8. The molecule has 6 nitrogen and oxygen atoms in total. The second-order valence-corrected chi connectivity index (χ2v) is 8.55. The molecular formula is C24H26N4O2S. The molecule has 1 aromatic heterocycles. The second-order valence-electron chi connectivity index (χ2n) is 7.59. The smallest absolute Gasteiger partial charge is 0.255 e. The second kappa shape index (κ2) is 9.83. The van der Waals surface area contributed by atoms with Crippen LogP contribution in [0.25, 0.3) is 0 Å². The number of piperazine rings is 1. The Kier molecular flexibility index (Phi) is 6.72. The Morgan fingerprint density at radius 2 is 1.65 bits per heavy atom. The molecule has 31 heavy (non-hydrogen) atoms. The SMILES string of the molecule is Cc1nc(SCC(=O)N2CCN(c3ccccc3)CC2)[nH]c(=O)c1Cc1ccccc1. The summed E-state index contributed by atoms with van der Waals surface area (Å²) in [5.41, 5.74) is 3.50. The van der Waals surface area contributed by atoms with Crippen LogP contribution in [0.3, 0.4) is 0 Å². The monoisotopic (exact) mass is 434 g/mol. The van der Waals surface area contributed by atoms with E-state index in [-0.39, 0.29) is 17.2 Å². The summed E-state index contributed by atoms with van der Waals surface area (Å²) in [6.07, 6.45) is 0.546. The van der Waals surface area contributed by atoms with Crippen LogP contribution in [-0.4, -0.2) is 52.7 Å². The lowest BCUT2D eigenvalue weighted by atomic mass is 10.1. The predicted octanol–water partition coefficient (Wildman–Crippen LogP) is 3.11. The van der Waals surface area contributed by atoms with Crippen molar-refractivity contribution in [3.8, 4) is 0 Å². The van der Waals surface area contributed by atoms with Gasteiger partial charge in [0.1, 0.15) is 0 Å². The summed E-state index contributed by atoms with van der Waals surface area (Å²) in [5.74, 6) is 0.345. The number of nitrogens with zero attached hydrogens (tertiary/aromatic N) is 3. The van der Waals surface area contributed by atoms with Gasteiger partial charge in [0.05, 0.1) is 5.75 Å². The lowest BCUT2D eigenvalue weighted by molar-refractivity contribution is -0.128. The Balaban J connectivity index is 1.32. The van der Waals surface area contributed by atoms with Crippen molar-refractivity contribution in [2.24, 2.45) is 0 Å². The average Bonchev–Trinajstić information content (AvgIpc) is 2.81. The quantitative estimate of drug-likeness (QED) is 0.477. The Bertz CT molecular complexity index is 1080. The van der Waals surface area contributed by atoms with Crippen molar-refractivity contribution in [3.05, 3.63) is 87.8 Å². The van der Waals surface area contributed by atoms with Crippen molar-refractivity contribution in [3.63, 3.8) is 0 Å². The summed E-state index contributed by atoms with van der Waals surface area (Å²) >= 11 is 1.29. The summed E-state index contributed by atoms with van der Waals surface area (Å²) in [6, 6.07) is 20.1. The first-order valence-electron chi connectivity index (χ1n) is 10.4. The van der Waals surface area contributed by atoms with Crippen LogP contribution in [0, 0.1) is 6.92 Å². The van der Waals surface area contributed by atoms with E-state index in [4.69, 9.17) is 0 Å². The predicted molar refractivity (Wildman–Crippen MR) is 125 cm³/mol. The van der Waals surface area contributed by atoms with Crippen molar-refractivity contribution < 1.29 is 4.79 Å². The van der Waals surface area contributed by atoms with Crippen LogP contribution in [0.2, 0.25) is 0 Å². The fraction of sp³-hybridized carbons (Fsp3) is 0.292. The molecule has 160 valence electrons. The molecule has 1 amide bonds. The summed E-state index contributed by atoms with van der Waals surface area (Å²) < 4.78 is 0. The lowest BCUT2D eigenvalue weighted by Crippen LogP contribution is -2.49. The number of benzene rings is 2. The van der Waals surface area contributed by atoms with Gasteiger partial charge >= 0.3 is 0 Å². The molecule has 1 aliphatic rings. The van der Waals surface area contributed by atoms with Crippen LogP contribution < -0.4 is 10.5 Å². The van der Waals surface area contributed by atoms with Crippen molar-refractivity contribution in [2.45, 2.75) is 18.5 Å². The van der Waals surface area contributed by atoms with Crippen LogP contribution in [0.1, 0.15) is 16.8 Å². The van der Waals surface area contributed by atoms with Crippen LogP contribution in [0.4, 0.5) is 5.69 Å². The van der Waals surface area contributed by atoms with E-state index in [2.05, 4.69) is 27.0 Å². The molecule has 0 bridgehead atoms. The van der Waals surface area contributed by atoms with Crippen molar-refractivity contribution in [2.75, 3.05) is 36.8 Å². The number of hydrogen-bond donors (Lipinski definition) is 1. The Morgan fingerprint density at radius 1 is 1.00 bits per heavy atom. The molecule has 1 saturated heterocycles. The van der Waals surface area contributed by atoms with Gasteiger partial charge in [-0.2, -0.15) is 0 Å². The number of anilines is 1. The molecule has 1 N–H and O–H groups in total. The van der Waals surface area contributed by atoms with Gasteiger partial charge < -0.3 is 14.8 Å². The number of aromatic amines is 1. The summed E-state index contributed by atoms with van der Waals surface area (Å²) in [5, 5.41) is 0.496. The van der Waals surface area contributed by atoms with Crippen molar-refractivity contribution in [1.29, 1.82) is 0 Å². The van der Waals surface area contributed by atoms with Crippen LogP contribution in [0.5, 0.6) is 0 Å². The van der Waals surface area contributed by atoms with Gasteiger partial charge in [0.25, 0.3) is 5.56 Å². The van der Waals surface area contributed by atoms with E-state index in [9.17, 15) is 9.59 Å². The highest BCUT2D eigenvalue weighted by Crippen LogP contribution is 2.18. The van der Waals surface area contributed by atoms with E-state index in [1.165, 1.54) is 17.4 Å². The minimum absolute atomic E-state index is 0.0753. The molecule has 0 atom stereocenters. The zero-order chi connectivity index (χ0) is 21.6. The number of nitrogens with one attached hydrogen (secondary N) is 1. The average molecular weight is 435 g/mol. The third-order valence-electron chi connectivity index (χ3n) is 5.51. The first kappa shape index (κ1) is 21.2. The zero-order valence-corrected chi connectivity index (χ0v) is 18.4. The van der Waals surface area contributed by atoms with Crippen LogP contribution in [-0.2, 0) is 11.2 Å². The van der Waals surface area contributed by atoms with Gasteiger partial charge in [0.15, 0.2) is 5.16 Å². The zero-order valence-electron chi connectivity index (χ0n) is 17.6. The number of carbonyl (C=O) groups excluding carboxylic acids is 1. The van der Waals surface area contributed by atoms with Crippen LogP contribution >= 0.6 is 11.8 Å². The fourth-order valence-corrected chi connectivity index (χ4v) is 4.54. The lowest BCUT2D eigenvalue weighted by Gasteiger charge is -2.36. The molecule has 2 heterocycles. The first-order valence-corrected chi connectivity index (χ1v) is 11.4. The number of hydrogen-bond acceptors (Lipinski definition) is 5. The maximum atomic E-state index is 12.7. The van der Waals surface area contributed by atoms with Crippen LogP contribution in [0.15, 0.2) is 70.6 Å². The van der Waals surface area contributed by atoms with Gasteiger partial charge in [0, 0.05) is 49.5 Å². The molecule has 4 rings (SSSR count). The van der Waals surface area contributed by atoms with E-state index in [1.807, 2.05) is 60.4 Å². The highest BCUT2D eigenvalue weighted by Gasteiger charge is 2.21. The van der Waals surface area contributed by atoms with E-state index in [0.29, 0.717) is 35.9 Å². The maximum absolute atomic E-state index is 12.7. The maximum Gasteiger partial charge on any atom is 0.255 e. The highest BCUT2D eigenvalue weighted by molar-refractivity contribution is 7.99. The minimum Gasteiger partial charge on any atom is -0.368 e. The van der Waals surface area contributed by atoms with E-state index in [1.54, 1.807) is 0 Å². The number of para-hydroxylation sites is 1. The number of amides is 1. The molecule has 0 unspecified atom stereocenters. The van der Waals surface area contributed by atoms with Gasteiger partial charge in [-0.3, -0.25) is 9.59 Å². The summed E-state index contributed by atoms with van der Waals surface area (Å²) in [7, 11) is 0. The van der Waals surface area contributed by atoms with E-state index < -0.39 is 0 Å². The molecule has 0 saturated carbocycles. The van der Waals surface area contributed by atoms with Gasteiger partial charge in [0.2, 0.25) is 5.91 Å². The number of aryl methyl sites for hydroxylation is 1. The molecule has 1 fully saturated rings. The molecule has 0 aliphatic carbocycles. The molecule has 0 radical (unpaired) electrons. The number of rotatable bonds is 6. The normalized spacial score (nSPS) is 14.0. The fourth-order valence-electron chi connectivity index (χ4n) is 3.74. The van der Waals surface area contributed by atoms with E-state index in [0.717, 1.165) is 18.7 Å². The Morgan fingerprint density at radius 3 is 2.29 bits per heavy atom. The number of carbonyl (C=O) groups is 1. The third-order valence-corrected chi connectivity index (χ3v) is 6.37. The Labute approximate surface area is 186 Å². The van der Waals surface area contributed by atoms with Crippen molar-refractivity contribution in [1.82, 2.24) is 14.9 Å². The number of H-pyrrole nitrogens is 1. The van der Waals surface area contributed by atoms with Gasteiger partial charge in [-0.25, -0.2) is 4.98 Å². The molecule has 1 aliphatic heterocycles. The van der Waals surface area contributed by atoms with Gasteiger partial charge in [-0.05, 0) is 24.6 Å². The minimum atomic E-state index is -0.136. The molecular weight excluding hydrogens is 408 g/mol. The van der Waals surface area contributed by atoms with E-state index >= 15 is 0 Å². The third kappa shape index (κ3) is 5.35. The number of thioether (sulfide) groups is 1. The van der Waals surface area contributed by atoms with Crippen molar-refractivity contribution >= 4 is 23.4 Å². The highest BCUT2D eigenvalue weighted by atomic mass is 32.2. The Hall–Kier alpha value is -3.06. The van der Waals surface area contributed by atoms with Gasteiger partial charge in [-0.1, -0.05) is 60.3 Å². The largest absolute Gasteiger partial charge is 0.368 e. The molecule has 2 aromatic carbocycles. The topological polar surface area (TPSA) is 69.3 Å².